The summed E-state index contributed by atoms with van der Waals surface area (Å²) in [5.74, 6) is 1.40. The van der Waals surface area contributed by atoms with E-state index in [1.165, 1.54) is 0 Å². The number of carbonyl (C=O) groups is 2. The Labute approximate surface area is 114 Å². The van der Waals surface area contributed by atoms with Gasteiger partial charge in [0.15, 0.2) is 0 Å². The largest absolute Gasteiger partial charge is 0.481 e. The summed E-state index contributed by atoms with van der Waals surface area (Å²) in [5.41, 5.74) is 0. The van der Waals surface area contributed by atoms with Crippen molar-refractivity contribution in [2.45, 2.75) is 57.5 Å². The highest BCUT2D eigenvalue weighted by molar-refractivity contribution is 5.75. The molecule has 2 amide bonds. The van der Waals surface area contributed by atoms with E-state index in [4.69, 9.17) is 11.5 Å². The van der Waals surface area contributed by atoms with Gasteiger partial charge in [0.05, 0.1) is 12.0 Å². The Hall–Kier alpha value is -1.70. The van der Waals surface area contributed by atoms with Gasteiger partial charge in [-0.05, 0) is 25.7 Å². The zero-order chi connectivity index (χ0) is 14.3. The molecule has 1 saturated carbocycles. The molecule has 5 nitrogen and oxygen atoms in total. The lowest BCUT2D eigenvalue weighted by Crippen LogP contribution is -2.47. The number of urea groups is 1. The van der Waals surface area contributed by atoms with Gasteiger partial charge in [-0.25, -0.2) is 4.79 Å². The smallest absolute Gasteiger partial charge is 0.315 e. The summed E-state index contributed by atoms with van der Waals surface area (Å²) in [4.78, 5) is 22.7. The number of terminal acetylenes is 1. The van der Waals surface area contributed by atoms with Crippen LogP contribution < -0.4 is 10.6 Å². The molecule has 1 aliphatic carbocycles. The van der Waals surface area contributed by atoms with Crippen molar-refractivity contribution in [1.82, 2.24) is 10.6 Å². The second-order valence-corrected chi connectivity index (χ2v) is 5.02. The average molecular weight is 266 g/mol. The molecular formula is C14H22N2O3. The first kappa shape index (κ1) is 15.4. The lowest BCUT2D eigenvalue weighted by Gasteiger charge is -2.27. The maximum atomic E-state index is 11.8. The van der Waals surface area contributed by atoms with E-state index >= 15 is 0 Å². The van der Waals surface area contributed by atoms with Crippen molar-refractivity contribution in [2.75, 3.05) is 0 Å². The third kappa shape index (κ3) is 5.21. The van der Waals surface area contributed by atoms with E-state index in [1.54, 1.807) is 0 Å². The van der Waals surface area contributed by atoms with Crippen LogP contribution in [0.2, 0.25) is 0 Å². The second-order valence-electron chi connectivity index (χ2n) is 5.02. The fourth-order valence-electron chi connectivity index (χ4n) is 2.42. The topological polar surface area (TPSA) is 78.4 Å². The molecule has 3 N–H and O–H groups in total. The van der Waals surface area contributed by atoms with Gasteiger partial charge in [-0.2, -0.15) is 0 Å². The molecule has 0 spiro atoms. The van der Waals surface area contributed by atoms with Crippen LogP contribution in [0.25, 0.3) is 0 Å². The number of hydrogen-bond donors (Lipinski definition) is 3. The SMILES string of the molecule is C#CC(CCC)NC(=O)NC1CCCC(C(=O)O)C1. The Morgan fingerprint density at radius 2 is 2.21 bits per heavy atom. The maximum Gasteiger partial charge on any atom is 0.315 e. The van der Waals surface area contributed by atoms with Crippen molar-refractivity contribution in [1.29, 1.82) is 0 Å². The molecule has 0 saturated heterocycles. The van der Waals surface area contributed by atoms with Crippen LogP contribution in [0, 0.1) is 18.3 Å². The monoisotopic (exact) mass is 266 g/mol. The van der Waals surface area contributed by atoms with Gasteiger partial charge in [-0.3, -0.25) is 4.79 Å². The van der Waals surface area contributed by atoms with Crippen LogP contribution in [0.1, 0.15) is 45.4 Å². The van der Waals surface area contributed by atoms with Crippen molar-refractivity contribution in [3.05, 3.63) is 0 Å². The van der Waals surface area contributed by atoms with E-state index in [0.717, 1.165) is 25.7 Å². The quantitative estimate of drug-likeness (QED) is 0.663. The highest BCUT2D eigenvalue weighted by atomic mass is 16.4. The minimum atomic E-state index is -0.778. The van der Waals surface area contributed by atoms with E-state index in [1.807, 2.05) is 6.92 Å². The summed E-state index contributed by atoms with van der Waals surface area (Å²) < 4.78 is 0. The third-order valence-electron chi connectivity index (χ3n) is 3.44. The lowest BCUT2D eigenvalue weighted by atomic mass is 9.86. The van der Waals surface area contributed by atoms with Crippen molar-refractivity contribution in [3.8, 4) is 12.3 Å². The van der Waals surface area contributed by atoms with Gasteiger partial charge in [0.2, 0.25) is 0 Å². The predicted molar refractivity (Wildman–Crippen MR) is 72.6 cm³/mol. The number of aliphatic carboxylic acids is 1. The average Bonchev–Trinajstić information content (AvgIpc) is 2.38. The summed E-state index contributed by atoms with van der Waals surface area (Å²) in [7, 11) is 0. The Morgan fingerprint density at radius 1 is 1.47 bits per heavy atom. The highest BCUT2D eigenvalue weighted by Gasteiger charge is 2.27. The Morgan fingerprint density at radius 3 is 2.79 bits per heavy atom. The number of hydrogen-bond acceptors (Lipinski definition) is 2. The van der Waals surface area contributed by atoms with Gasteiger partial charge in [-0.1, -0.05) is 25.7 Å². The molecule has 1 aliphatic rings. The van der Waals surface area contributed by atoms with Crippen molar-refractivity contribution in [3.63, 3.8) is 0 Å². The van der Waals surface area contributed by atoms with E-state index < -0.39 is 5.97 Å². The van der Waals surface area contributed by atoms with Crippen LogP contribution in [0.3, 0.4) is 0 Å². The van der Waals surface area contributed by atoms with Crippen LogP contribution in [-0.2, 0) is 4.79 Å². The lowest BCUT2D eigenvalue weighted by molar-refractivity contribution is -0.143. The number of rotatable bonds is 5. The fourth-order valence-corrected chi connectivity index (χ4v) is 2.42. The van der Waals surface area contributed by atoms with Crippen LogP contribution in [-0.4, -0.2) is 29.2 Å². The Balaban J connectivity index is 2.39. The molecule has 3 atom stereocenters. The van der Waals surface area contributed by atoms with Gasteiger partial charge < -0.3 is 15.7 Å². The van der Waals surface area contributed by atoms with Gasteiger partial charge in [0.1, 0.15) is 0 Å². The van der Waals surface area contributed by atoms with Crippen LogP contribution in [0.4, 0.5) is 4.79 Å². The van der Waals surface area contributed by atoms with E-state index in [9.17, 15) is 9.59 Å². The van der Waals surface area contributed by atoms with E-state index in [-0.39, 0.29) is 24.0 Å². The molecule has 0 radical (unpaired) electrons. The molecule has 1 rings (SSSR count). The third-order valence-corrected chi connectivity index (χ3v) is 3.44. The van der Waals surface area contributed by atoms with E-state index in [2.05, 4.69) is 16.6 Å². The molecule has 3 unspecified atom stereocenters. The molecule has 5 heteroatoms. The first-order valence-corrected chi connectivity index (χ1v) is 6.82. The zero-order valence-corrected chi connectivity index (χ0v) is 11.3. The Kier molecular flexibility index (Phi) is 6.20. The van der Waals surface area contributed by atoms with Crippen LogP contribution >= 0.6 is 0 Å². The standard InChI is InChI=1S/C14H22N2O3/c1-3-6-11(4-2)15-14(19)16-12-8-5-7-10(9-12)13(17)18/h2,10-12H,3,5-9H2,1H3,(H,17,18)(H2,15,16,19). The zero-order valence-electron chi connectivity index (χ0n) is 11.3. The first-order chi connectivity index (χ1) is 9.06. The molecule has 0 aromatic heterocycles. The molecule has 1 fully saturated rings. The molecule has 19 heavy (non-hydrogen) atoms. The molecule has 106 valence electrons. The predicted octanol–water partition coefficient (Wildman–Crippen LogP) is 1.73. The second kappa shape index (κ2) is 7.67. The van der Waals surface area contributed by atoms with Crippen molar-refractivity contribution in [2.24, 2.45) is 5.92 Å². The van der Waals surface area contributed by atoms with Gasteiger partial charge >= 0.3 is 12.0 Å². The molecule has 0 aromatic rings. The molecule has 0 heterocycles. The highest BCUT2D eigenvalue weighted by Crippen LogP contribution is 2.24. The van der Waals surface area contributed by atoms with Gasteiger partial charge in [0.25, 0.3) is 0 Å². The number of nitrogens with one attached hydrogen (secondary N) is 2. The van der Waals surface area contributed by atoms with Gasteiger partial charge in [-0.15, -0.1) is 6.42 Å². The van der Waals surface area contributed by atoms with Crippen molar-refractivity contribution < 1.29 is 14.7 Å². The van der Waals surface area contributed by atoms with Gasteiger partial charge in [0, 0.05) is 6.04 Å². The molecule has 0 aromatic carbocycles. The molecular weight excluding hydrogens is 244 g/mol. The summed E-state index contributed by atoms with van der Waals surface area (Å²) in [5, 5.41) is 14.5. The van der Waals surface area contributed by atoms with E-state index in [0.29, 0.717) is 12.8 Å². The number of carbonyl (C=O) groups excluding carboxylic acids is 1. The summed E-state index contributed by atoms with van der Waals surface area (Å²) in [6, 6.07) is -0.633. The summed E-state index contributed by atoms with van der Waals surface area (Å²) >= 11 is 0. The minimum Gasteiger partial charge on any atom is -0.481 e. The summed E-state index contributed by atoms with van der Waals surface area (Å²) in [6.45, 7) is 2.00. The normalized spacial score (nSPS) is 24.0. The molecule has 0 aliphatic heterocycles. The Bertz CT molecular complexity index is 362. The number of carboxylic acids is 1. The first-order valence-electron chi connectivity index (χ1n) is 6.82. The van der Waals surface area contributed by atoms with Crippen molar-refractivity contribution >= 4 is 12.0 Å². The van der Waals surface area contributed by atoms with Crippen LogP contribution in [0.5, 0.6) is 0 Å². The number of amides is 2. The summed E-state index contributed by atoms with van der Waals surface area (Å²) in [6.07, 6.45) is 9.82. The maximum absolute atomic E-state index is 11.8. The van der Waals surface area contributed by atoms with Crippen LogP contribution in [0.15, 0.2) is 0 Å². The molecule has 0 bridgehead atoms. The fraction of sp³-hybridized carbons (Fsp3) is 0.714. The minimum absolute atomic E-state index is 0.0742. The number of carboxylic acid groups (broad SMARTS) is 1.